The van der Waals surface area contributed by atoms with E-state index < -0.39 is 5.82 Å². The first kappa shape index (κ1) is 12.1. The quantitative estimate of drug-likeness (QED) is 0.903. The Bertz CT molecular complexity index is 610. The lowest BCUT2D eigenvalue weighted by Gasteiger charge is -2.05. The summed E-state index contributed by atoms with van der Waals surface area (Å²) >= 11 is 0. The SMILES string of the molecule is CCc1nn(C)cc1Nc1ccc(C#N)c(F)c1. The van der Waals surface area contributed by atoms with Crippen LogP contribution in [0.1, 0.15) is 18.2 Å². The summed E-state index contributed by atoms with van der Waals surface area (Å²) in [5.74, 6) is -0.524. The molecule has 0 aliphatic rings. The summed E-state index contributed by atoms with van der Waals surface area (Å²) in [4.78, 5) is 0. The van der Waals surface area contributed by atoms with Gasteiger partial charge in [-0.3, -0.25) is 4.68 Å². The van der Waals surface area contributed by atoms with Crippen LogP contribution in [0.2, 0.25) is 0 Å². The molecule has 0 atom stereocenters. The molecule has 0 bridgehead atoms. The number of aromatic nitrogens is 2. The number of nitrogens with zero attached hydrogens (tertiary/aromatic N) is 3. The Balaban J connectivity index is 2.29. The molecule has 0 saturated heterocycles. The Labute approximate surface area is 105 Å². The van der Waals surface area contributed by atoms with Gasteiger partial charge in [0.2, 0.25) is 0 Å². The highest BCUT2D eigenvalue weighted by molar-refractivity contribution is 5.62. The lowest BCUT2D eigenvalue weighted by atomic mass is 10.2. The lowest BCUT2D eigenvalue weighted by molar-refractivity contribution is 0.624. The van der Waals surface area contributed by atoms with Gasteiger partial charge in [0.05, 0.1) is 16.9 Å². The second kappa shape index (κ2) is 4.88. The molecule has 1 heterocycles. The first-order valence-corrected chi connectivity index (χ1v) is 5.63. The second-order valence-corrected chi connectivity index (χ2v) is 3.95. The van der Waals surface area contributed by atoms with Crippen LogP contribution in [0.15, 0.2) is 24.4 Å². The zero-order chi connectivity index (χ0) is 13.1. The van der Waals surface area contributed by atoms with E-state index in [1.54, 1.807) is 16.8 Å². The summed E-state index contributed by atoms with van der Waals surface area (Å²) in [6.45, 7) is 2.01. The highest BCUT2D eigenvalue weighted by Crippen LogP contribution is 2.22. The van der Waals surface area contributed by atoms with Gasteiger partial charge in [-0.1, -0.05) is 6.92 Å². The highest BCUT2D eigenvalue weighted by atomic mass is 19.1. The minimum Gasteiger partial charge on any atom is -0.353 e. The largest absolute Gasteiger partial charge is 0.353 e. The van der Waals surface area contributed by atoms with Crippen molar-refractivity contribution in [3.63, 3.8) is 0 Å². The molecule has 0 fully saturated rings. The summed E-state index contributed by atoms with van der Waals surface area (Å²) < 4.78 is 15.2. The topological polar surface area (TPSA) is 53.6 Å². The molecule has 2 aromatic rings. The van der Waals surface area contributed by atoms with Gasteiger partial charge in [0.15, 0.2) is 0 Å². The average molecular weight is 244 g/mol. The number of nitrogens with one attached hydrogen (secondary N) is 1. The molecular formula is C13H13FN4. The zero-order valence-corrected chi connectivity index (χ0v) is 10.2. The summed E-state index contributed by atoms with van der Waals surface area (Å²) in [6.07, 6.45) is 2.64. The number of benzene rings is 1. The predicted molar refractivity (Wildman–Crippen MR) is 67.0 cm³/mol. The Hall–Kier alpha value is -2.35. The van der Waals surface area contributed by atoms with Crippen molar-refractivity contribution in [3.8, 4) is 6.07 Å². The van der Waals surface area contributed by atoms with Crippen molar-refractivity contribution < 1.29 is 4.39 Å². The van der Waals surface area contributed by atoms with Gasteiger partial charge in [0, 0.05) is 18.9 Å². The van der Waals surface area contributed by atoms with E-state index in [2.05, 4.69) is 10.4 Å². The second-order valence-electron chi connectivity index (χ2n) is 3.95. The molecule has 1 aromatic heterocycles. The van der Waals surface area contributed by atoms with Crippen LogP contribution >= 0.6 is 0 Å². The van der Waals surface area contributed by atoms with Gasteiger partial charge >= 0.3 is 0 Å². The van der Waals surface area contributed by atoms with E-state index >= 15 is 0 Å². The predicted octanol–water partition coefficient (Wildman–Crippen LogP) is 2.74. The van der Waals surface area contributed by atoms with Crippen LogP contribution in [0.5, 0.6) is 0 Å². The molecule has 2 rings (SSSR count). The highest BCUT2D eigenvalue weighted by Gasteiger charge is 2.07. The van der Waals surface area contributed by atoms with E-state index in [1.165, 1.54) is 12.1 Å². The van der Waals surface area contributed by atoms with Crippen molar-refractivity contribution in [1.29, 1.82) is 5.26 Å². The molecule has 0 unspecified atom stereocenters. The van der Waals surface area contributed by atoms with Gasteiger partial charge < -0.3 is 5.32 Å². The molecule has 0 aliphatic heterocycles. The summed E-state index contributed by atoms with van der Waals surface area (Å²) in [5.41, 5.74) is 2.42. The maximum absolute atomic E-state index is 13.5. The van der Waals surface area contributed by atoms with Crippen molar-refractivity contribution in [3.05, 3.63) is 41.5 Å². The van der Waals surface area contributed by atoms with Crippen LogP contribution in [0.25, 0.3) is 0 Å². The van der Waals surface area contributed by atoms with Gasteiger partial charge in [-0.2, -0.15) is 10.4 Å². The van der Waals surface area contributed by atoms with Crippen molar-refractivity contribution in [1.82, 2.24) is 9.78 Å². The fourth-order valence-electron chi connectivity index (χ4n) is 1.74. The van der Waals surface area contributed by atoms with Crippen LogP contribution in [0.4, 0.5) is 15.8 Å². The average Bonchev–Trinajstić information content (AvgIpc) is 2.70. The molecule has 0 spiro atoms. The number of hydrogen-bond acceptors (Lipinski definition) is 3. The monoisotopic (exact) mass is 244 g/mol. The molecule has 0 aliphatic carbocycles. The van der Waals surface area contributed by atoms with Crippen LogP contribution in [0, 0.1) is 17.1 Å². The number of anilines is 2. The molecule has 1 N–H and O–H groups in total. The van der Waals surface area contributed by atoms with E-state index in [9.17, 15) is 4.39 Å². The maximum Gasteiger partial charge on any atom is 0.143 e. The van der Waals surface area contributed by atoms with Crippen LogP contribution in [0.3, 0.4) is 0 Å². The van der Waals surface area contributed by atoms with E-state index in [-0.39, 0.29) is 5.56 Å². The van der Waals surface area contributed by atoms with Crippen LogP contribution in [-0.2, 0) is 13.5 Å². The maximum atomic E-state index is 13.5. The van der Waals surface area contributed by atoms with Gasteiger partial charge in [0.1, 0.15) is 11.9 Å². The third-order valence-electron chi connectivity index (χ3n) is 2.61. The molecule has 1 aromatic carbocycles. The van der Waals surface area contributed by atoms with Crippen LogP contribution < -0.4 is 5.32 Å². The number of rotatable bonds is 3. The standard InChI is InChI=1S/C13H13FN4/c1-3-12-13(8-18(2)17-12)16-10-5-4-9(7-15)11(14)6-10/h4-6,8,16H,3H2,1-2H3. The molecule has 92 valence electrons. The molecule has 5 heteroatoms. The van der Waals surface area contributed by atoms with Gasteiger partial charge in [-0.25, -0.2) is 4.39 Å². The third-order valence-corrected chi connectivity index (χ3v) is 2.61. The Morgan fingerprint density at radius 2 is 2.28 bits per heavy atom. The molecule has 0 amide bonds. The van der Waals surface area contributed by atoms with E-state index in [0.717, 1.165) is 17.8 Å². The zero-order valence-electron chi connectivity index (χ0n) is 10.2. The number of nitriles is 1. The molecule has 0 saturated carbocycles. The first-order chi connectivity index (χ1) is 8.63. The normalized spacial score (nSPS) is 10.1. The van der Waals surface area contributed by atoms with Gasteiger partial charge in [-0.05, 0) is 24.6 Å². The third kappa shape index (κ3) is 2.33. The van der Waals surface area contributed by atoms with Gasteiger partial charge in [0.25, 0.3) is 0 Å². The van der Waals surface area contributed by atoms with E-state index in [4.69, 9.17) is 5.26 Å². The Morgan fingerprint density at radius 1 is 1.50 bits per heavy atom. The van der Waals surface area contributed by atoms with Crippen molar-refractivity contribution in [2.75, 3.05) is 5.32 Å². The van der Waals surface area contributed by atoms with E-state index in [0.29, 0.717) is 5.69 Å². The summed E-state index contributed by atoms with van der Waals surface area (Å²) in [7, 11) is 1.84. The smallest absolute Gasteiger partial charge is 0.143 e. The first-order valence-electron chi connectivity index (χ1n) is 5.63. The fourth-order valence-corrected chi connectivity index (χ4v) is 1.74. The fraction of sp³-hybridized carbons (Fsp3) is 0.231. The number of aryl methyl sites for hydroxylation is 2. The van der Waals surface area contributed by atoms with Gasteiger partial charge in [-0.15, -0.1) is 0 Å². The Kier molecular flexibility index (Phi) is 3.28. The number of halogens is 1. The summed E-state index contributed by atoms with van der Waals surface area (Å²) in [5, 5.41) is 16.1. The molecule has 0 radical (unpaired) electrons. The van der Waals surface area contributed by atoms with Crippen molar-refractivity contribution in [2.45, 2.75) is 13.3 Å². The minimum atomic E-state index is -0.524. The Morgan fingerprint density at radius 3 is 2.89 bits per heavy atom. The van der Waals surface area contributed by atoms with Crippen molar-refractivity contribution in [2.24, 2.45) is 7.05 Å². The molecule has 18 heavy (non-hydrogen) atoms. The minimum absolute atomic E-state index is 0.0439. The molecule has 4 nitrogen and oxygen atoms in total. The van der Waals surface area contributed by atoms with E-state index in [1.807, 2.05) is 20.2 Å². The van der Waals surface area contributed by atoms with Crippen molar-refractivity contribution >= 4 is 11.4 Å². The lowest BCUT2D eigenvalue weighted by Crippen LogP contribution is -1.94. The van der Waals surface area contributed by atoms with Crippen LogP contribution in [-0.4, -0.2) is 9.78 Å². The number of hydrogen-bond donors (Lipinski definition) is 1. The molecular weight excluding hydrogens is 231 g/mol. The summed E-state index contributed by atoms with van der Waals surface area (Å²) in [6, 6.07) is 6.24.